The predicted molar refractivity (Wildman–Crippen MR) is 511 cm³/mol. The van der Waals surface area contributed by atoms with E-state index in [0.29, 0.717) is 79.8 Å². The van der Waals surface area contributed by atoms with Crippen molar-refractivity contribution >= 4 is 156 Å². The van der Waals surface area contributed by atoms with Gasteiger partial charge in [-0.15, -0.1) is 0 Å². The minimum atomic E-state index is -3.95. The highest BCUT2D eigenvalue weighted by Crippen LogP contribution is 2.42. The number of benzene rings is 4. The first-order valence-electron chi connectivity index (χ1n) is 46.4. The van der Waals surface area contributed by atoms with Crippen molar-refractivity contribution < 1.29 is 138 Å². The highest BCUT2D eigenvalue weighted by Gasteiger charge is 2.48. The molecule has 3 unspecified atom stereocenters. The molecule has 0 bridgehead atoms. The third-order valence-corrected chi connectivity index (χ3v) is 26.6. The van der Waals surface area contributed by atoms with Crippen LogP contribution < -0.4 is 56.3 Å². The van der Waals surface area contributed by atoms with E-state index < -0.39 is 205 Å². The lowest BCUT2D eigenvalue weighted by Crippen LogP contribution is -2.61. The van der Waals surface area contributed by atoms with Crippen molar-refractivity contribution in [2.75, 3.05) is 90.9 Å². The Morgan fingerprint density at radius 1 is 0.451 bits per heavy atom. The van der Waals surface area contributed by atoms with Crippen LogP contribution in [-0.2, 0) is 108 Å². The van der Waals surface area contributed by atoms with Crippen LogP contribution in [0.5, 0.6) is 23.0 Å². The number of nitrogens with zero attached hydrogens (tertiary/aromatic N) is 8. The van der Waals surface area contributed by atoms with E-state index in [9.17, 15) is 120 Å². The van der Waals surface area contributed by atoms with Crippen LogP contribution in [0.1, 0.15) is 143 Å². The van der Waals surface area contributed by atoms with Crippen LogP contribution in [-0.4, -0.2) is 323 Å². The number of likely N-dealkylation sites (N-methyl/N-ethyl adjacent to an activating group) is 4. The van der Waals surface area contributed by atoms with Gasteiger partial charge in [0.1, 0.15) is 52.6 Å². The number of para-hydroxylation sites is 4. The number of ether oxygens (including phenoxy) is 1. The number of ketones is 5. The number of aromatic nitrogens is 1. The zero-order chi connectivity index (χ0) is 104. The van der Waals surface area contributed by atoms with Crippen molar-refractivity contribution in [2.45, 2.75) is 193 Å². The number of H-pyrrole nitrogens is 1. The van der Waals surface area contributed by atoms with Gasteiger partial charge in [0.2, 0.25) is 21.5 Å². The molecule has 8 aliphatic rings. The number of sulfonamides is 1. The number of aromatic amines is 1. The number of hydrogen-bond acceptors (Lipinski definition) is 30. The molecule has 0 saturated carbocycles. The fourth-order valence-electron chi connectivity index (χ4n) is 17.4. The maximum atomic E-state index is 13.5. The number of aryl methyl sites for hydroxylation is 4. The lowest BCUT2D eigenvalue weighted by atomic mass is 9.64. The van der Waals surface area contributed by atoms with Crippen LogP contribution in [0.3, 0.4) is 0 Å². The van der Waals surface area contributed by atoms with E-state index in [1.807, 2.05) is 100 Å². The predicted octanol–water partition coefficient (Wildman–Crippen LogP) is 0.687. The Kier molecular flexibility index (Phi) is 38.6. The van der Waals surface area contributed by atoms with Crippen LogP contribution in [0.4, 0.5) is 19.2 Å². The van der Waals surface area contributed by atoms with Gasteiger partial charge in [-0.1, -0.05) is 84.4 Å². The van der Waals surface area contributed by atoms with Gasteiger partial charge in [-0.3, -0.25) is 86.7 Å². The van der Waals surface area contributed by atoms with Gasteiger partial charge in [-0.25, -0.2) is 32.7 Å². The molecular formula is C91H116B4ClN15O30S. The maximum Gasteiger partial charge on any atom is 0.526 e. The molecule has 4 fully saturated rings. The topological polar surface area (TPSA) is 627 Å². The van der Waals surface area contributed by atoms with Gasteiger partial charge >= 0.3 is 99.9 Å². The Hall–Kier alpha value is -13.3. The summed E-state index contributed by atoms with van der Waals surface area (Å²) in [5.74, 6) is -10.8. The summed E-state index contributed by atoms with van der Waals surface area (Å²) in [5.41, 5.74) is 11.5. The van der Waals surface area contributed by atoms with Gasteiger partial charge in [0.25, 0.3) is 0 Å². The van der Waals surface area contributed by atoms with E-state index in [4.69, 9.17) is 45.8 Å². The third kappa shape index (κ3) is 28.0. The van der Waals surface area contributed by atoms with Crippen molar-refractivity contribution in [2.24, 2.45) is 10.9 Å². The first-order chi connectivity index (χ1) is 67.1. The summed E-state index contributed by atoms with van der Waals surface area (Å²) in [6.45, 7) is 18.5. The Morgan fingerprint density at radius 2 is 0.761 bits per heavy atom. The number of carbonyl (C=O) groups excluding carboxylic acids is 18. The number of imide groups is 4. The number of primary amides is 1. The van der Waals surface area contributed by atoms with Gasteiger partial charge in [0, 0.05) is 146 Å². The zero-order valence-electron chi connectivity index (χ0n) is 80.2. The van der Waals surface area contributed by atoms with E-state index >= 15 is 0 Å². The summed E-state index contributed by atoms with van der Waals surface area (Å²) < 4.78 is 50.9. The van der Waals surface area contributed by atoms with Crippen LogP contribution in [0.15, 0.2) is 89.7 Å². The smallest absolute Gasteiger partial charge is 0.526 e. The summed E-state index contributed by atoms with van der Waals surface area (Å²) >= 11 is 6.21. The number of fused-ring (bicyclic) bond motifs is 4. The molecule has 9 atom stereocenters. The van der Waals surface area contributed by atoms with E-state index in [2.05, 4.69) is 26.3 Å². The van der Waals surface area contributed by atoms with Gasteiger partial charge in [0.05, 0.1) is 23.9 Å². The summed E-state index contributed by atoms with van der Waals surface area (Å²) in [6.07, 6.45) is -0.430. The molecule has 0 spiro atoms. The lowest BCUT2D eigenvalue weighted by Gasteiger charge is -2.34. The van der Waals surface area contributed by atoms with Crippen molar-refractivity contribution in [1.82, 2.24) is 65.5 Å². The summed E-state index contributed by atoms with van der Waals surface area (Å²) in [5, 5.41) is 56.9. The second-order valence-corrected chi connectivity index (χ2v) is 37.6. The number of carbonyl (C=O) groups is 18. The van der Waals surface area contributed by atoms with Crippen LogP contribution in [0.2, 0.25) is 28.4 Å². The molecular weight excluding hydrogens is 1890 g/mol. The maximum absolute atomic E-state index is 13.5. The largest absolute Gasteiger partial charge is 0.536 e. The normalized spacial score (nSPS) is 18.9. The van der Waals surface area contributed by atoms with E-state index in [1.54, 1.807) is 27.7 Å². The second kappa shape index (κ2) is 49.4. The number of pyridine rings is 1. The number of halogens is 1. The van der Waals surface area contributed by atoms with Gasteiger partial charge in [0.15, 0.2) is 23.1 Å². The molecule has 9 heterocycles. The Balaban J connectivity index is 0.000000195. The molecule has 13 N–H and O–H groups in total. The Labute approximate surface area is 824 Å². The quantitative estimate of drug-likeness (QED) is 0.0165. The standard InChI is InChI=1S/C24H26BClN4O7.C23H31BN4O8.C23H30BN3O7.C21H29BN4O8S/c1-3-29-9-10-30(23(34)22(29)33)24(35)28-19(16-7-8-18(32)27-21(16)26)17(31)12-15-11-14-6-4-5-13(2)20(14)37-25(15)36;1-4-27-8-9-28(22(32)21(27)31)23(33)26-19(14(3)35-12-18(25)30)17(29)11-16-10-15-7-5-6-13(2)20(15)36-24(16)34;1-4-26-10-11-27(22(31)21(26)30)23(32)25-18(9-8-15(3)28)19(29)13-17-12-16-7-5-6-14(2)20(16)34-24(17)33;1-3-25-8-9-26(20(29)19(25)28)21(30)24-16(7-10-35(23,32)33)17(27)12-15-11-14-6-4-5-13(2)18(14)34-22(15)31/h4-8,15,19,36H,3,9-12H2,1-2H3,(H,27,32)(H,28,35);5-7,14,16,19,34H,4,8-12H2,1-3H3,(H2,25,30)(H,26,33);5-7,17-18,33H,4,8-13H2,1-3H3,(H,25,32);4-6,15-16,31H,3,7-12H2,1-2H3,(H,24,30)(H2,23,32,33)/t15-,19?;14-,16-,19-;17-,18?;15-,16?/m1111/s1. The van der Waals surface area contributed by atoms with Gasteiger partial charge in [-0.2, -0.15) is 0 Å². The Morgan fingerprint density at radius 3 is 1.07 bits per heavy atom. The third-order valence-electron chi connectivity index (χ3n) is 25.5. The number of primary sulfonamides is 1. The van der Waals surface area contributed by atoms with Crippen molar-refractivity contribution in [1.29, 1.82) is 0 Å². The second-order valence-electron chi connectivity index (χ2n) is 35.5. The van der Waals surface area contributed by atoms with E-state index in [1.165, 1.54) is 39.5 Å². The van der Waals surface area contributed by atoms with Crippen molar-refractivity contribution in [3.05, 3.63) is 151 Å². The summed E-state index contributed by atoms with van der Waals surface area (Å²) in [6, 6.07) is 16.0. The van der Waals surface area contributed by atoms with Crippen molar-refractivity contribution in [3.8, 4) is 23.0 Å². The minimum Gasteiger partial charge on any atom is -0.536 e. The number of urea groups is 4. The molecule has 17 amide bonds. The number of rotatable bonds is 31. The average Bonchev–Trinajstić information content (AvgIpc) is 0.788. The number of nitrogens with two attached hydrogens (primary N) is 2. The molecule has 51 heteroatoms. The number of piperazine rings is 4. The molecule has 142 heavy (non-hydrogen) atoms. The average molecular weight is 2010 g/mol. The number of Topliss-reactive ketones (excluding diaryl/α,β-unsaturated/α-hetero) is 5. The molecule has 0 radical (unpaired) electrons. The Bertz CT molecular complexity index is 5890. The molecule has 5 aromatic rings. The first-order valence-corrected chi connectivity index (χ1v) is 48.5. The van der Waals surface area contributed by atoms with Gasteiger partial charge < -0.3 is 99.8 Å². The van der Waals surface area contributed by atoms with Crippen LogP contribution in [0.25, 0.3) is 0 Å². The fraction of sp³-hybridized carbons (Fsp3) is 0.484. The van der Waals surface area contributed by atoms with Crippen LogP contribution in [0, 0.1) is 27.7 Å². The first kappa shape index (κ1) is 111. The van der Waals surface area contributed by atoms with Gasteiger partial charge in [-0.05, 0) is 158 Å². The number of nitrogens with one attached hydrogen (secondary N) is 5. The van der Waals surface area contributed by atoms with Crippen LogP contribution >= 0.6 is 11.6 Å². The molecule has 4 saturated heterocycles. The number of hydrogen-bond donors (Lipinski definition) is 11. The number of amides is 17. The lowest BCUT2D eigenvalue weighted by molar-refractivity contribution is -0.153. The monoisotopic (exact) mass is 2010 g/mol. The fourth-order valence-corrected chi connectivity index (χ4v) is 18.2. The highest BCUT2D eigenvalue weighted by molar-refractivity contribution is 7.89. The minimum absolute atomic E-state index is 0.0170. The molecule has 4 aromatic carbocycles. The SMILES string of the molecule is CCN1CCN(C(=O)NC(C(=O)C[C@H]2Cc3cccc(C)c3OB2O)c2ccc(=O)[nH]c2Cl)C(=O)C1=O.CCN1CCN(C(=O)NC(CCC(C)=O)C(=O)C[C@H]2Cc3cccc(C)c3OB2O)C(=O)C1=O.CCN1CCN(C(=O)NC(CCS(N)(=O)=O)C(=O)C[C@H]2Cc3cccc(C)c3OB2O)C(=O)C1=O.CCN1CCN(C(=O)N[C@@H](C(=O)C[C@H]2Cc3cccc(C)c3OB2O)[C@@H](C)OCC(N)=O)C(=O)C1=O. The molecule has 45 nitrogen and oxygen atoms in total. The highest BCUT2D eigenvalue weighted by atomic mass is 35.5. The zero-order valence-corrected chi connectivity index (χ0v) is 81.8. The van der Waals surface area contributed by atoms with E-state index in [-0.39, 0.29) is 120 Å². The molecule has 13 rings (SSSR count). The molecule has 760 valence electrons. The molecule has 1 aromatic heterocycles. The summed E-state index contributed by atoms with van der Waals surface area (Å²) in [4.78, 5) is 248. The van der Waals surface area contributed by atoms with E-state index in [0.717, 1.165) is 65.3 Å². The molecule has 0 aliphatic carbocycles. The summed E-state index contributed by atoms with van der Waals surface area (Å²) in [7, 11) is -8.93. The molecule has 8 aliphatic heterocycles. The van der Waals surface area contributed by atoms with Crippen molar-refractivity contribution in [3.63, 3.8) is 0 Å².